The second-order valence-corrected chi connectivity index (χ2v) is 6.23. The monoisotopic (exact) mass is 370 g/mol. The van der Waals surface area contributed by atoms with Crippen molar-refractivity contribution in [2.24, 2.45) is 0 Å². The van der Waals surface area contributed by atoms with E-state index in [1.165, 1.54) is 0 Å². The third kappa shape index (κ3) is 3.41. The molecule has 2 aromatic heterocycles. The highest BCUT2D eigenvalue weighted by molar-refractivity contribution is 5.96. The summed E-state index contributed by atoms with van der Waals surface area (Å²) < 4.78 is 9.78. The number of nitrogens with two attached hydrogens (primary N) is 1. The molecule has 10 heteroatoms. The van der Waals surface area contributed by atoms with Crippen LogP contribution in [0.1, 0.15) is 16.9 Å². The van der Waals surface area contributed by atoms with Crippen LogP contribution in [0.4, 0.5) is 16.3 Å². The predicted octanol–water partition coefficient (Wildman–Crippen LogP) is 1.78. The van der Waals surface area contributed by atoms with E-state index in [0.29, 0.717) is 38.3 Å². The van der Waals surface area contributed by atoms with E-state index in [4.69, 9.17) is 10.2 Å². The Balaban J connectivity index is 1.39. The Labute approximate surface area is 153 Å². The fourth-order valence-electron chi connectivity index (χ4n) is 3.06. The first kappa shape index (κ1) is 16.9. The van der Waals surface area contributed by atoms with E-state index in [1.807, 2.05) is 18.2 Å². The number of nitrogen functional groups attached to an aromatic ring is 1. The zero-order valence-corrected chi connectivity index (χ0v) is 14.4. The molecule has 1 saturated heterocycles. The van der Waals surface area contributed by atoms with Gasteiger partial charge in [0.1, 0.15) is 5.58 Å². The predicted molar refractivity (Wildman–Crippen MR) is 96.0 cm³/mol. The van der Waals surface area contributed by atoms with Crippen molar-refractivity contribution in [2.75, 3.05) is 37.2 Å². The van der Waals surface area contributed by atoms with Crippen LogP contribution in [-0.4, -0.2) is 58.2 Å². The van der Waals surface area contributed by atoms with Gasteiger partial charge >= 0.3 is 6.03 Å². The molecule has 0 atom stereocenters. The van der Waals surface area contributed by atoms with Crippen molar-refractivity contribution in [3.63, 3.8) is 0 Å². The standard InChI is InChI=1S/C17H18N6O4/c18-15-14(20-27-21-15)16(24)22-5-1-6-23(8-7-22)17(25)19-12-2-3-13-11(10-12)4-9-26-13/h2-4,9-10H,1,5-8H2,(H2,18,21)(H,19,25). The number of hydrogen-bond acceptors (Lipinski definition) is 7. The van der Waals surface area contributed by atoms with Crippen LogP contribution in [0, 0.1) is 0 Å². The number of nitrogens with one attached hydrogen (secondary N) is 1. The summed E-state index contributed by atoms with van der Waals surface area (Å²) in [6.45, 7) is 1.81. The van der Waals surface area contributed by atoms with E-state index in [1.54, 1.807) is 22.1 Å². The molecule has 0 spiro atoms. The van der Waals surface area contributed by atoms with Crippen molar-refractivity contribution in [3.05, 3.63) is 36.2 Å². The highest BCUT2D eigenvalue weighted by Gasteiger charge is 2.26. The van der Waals surface area contributed by atoms with Gasteiger partial charge in [0.25, 0.3) is 5.91 Å². The van der Waals surface area contributed by atoms with Crippen molar-refractivity contribution in [2.45, 2.75) is 6.42 Å². The van der Waals surface area contributed by atoms with Crippen molar-refractivity contribution in [1.82, 2.24) is 20.1 Å². The van der Waals surface area contributed by atoms with Gasteiger partial charge in [-0.1, -0.05) is 0 Å². The molecule has 3 aromatic rings. The normalized spacial score (nSPS) is 15.0. The Morgan fingerprint density at radius 3 is 2.70 bits per heavy atom. The lowest BCUT2D eigenvalue weighted by atomic mass is 10.2. The number of nitrogens with zero attached hydrogens (tertiary/aromatic N) is 4. The van der Waals surface area contributed by atoms with Gasteiger partial charge in [0.05, 0.1) is 6.26 Å². The van der Waals surface area contributed by atoms with E-state index < -0.39 is 0 Å². The Morgan fingerprint density at radius 1 is 1.07 bits per heavy atom. The third-order valence-electron chi connectivity index (χ3n) is 4.49. The summed E-state index contributed by atoms with van der Waals surface area (Å²) >= 11 is 0. The molecule has 1 aromatic carbocycles. The van der Waals surface area contributed by atoms with Crippen LogP contribution in [0.3, 0.4) is 0 Å². The van der Waals surface area contributed by atoms with E-state index in [-0.39, 0.29) is 23.5 Å². The zero-order chi connectivity index (χ0) is 18.8. The minimum atomic E-state index is -0.346. The molecule has 0 saturated carbocycles. The number of aromatic nitrogens is 2. The molecule has 1 aliphatic heterocycles. The molecule has 1 fully saturated rings. The lowest BCUT2D eigenvalue weighted by Gasteiger charge is -2.22. The number of anilines is 2. The number of carbonyl (C=O) groups excluding carboxylic acids is 2. The van der Waals surface area contributed by atoms with Gasteiger partial charge < -0.3 is 25.3 Å². The zero-order valence-electron chi connectivity index (χ0n) is 14.4. The topological polar surface area (TPSA) is 131 Å². The minimum absolute atomic E-state index is 0.00122. The van der Waals surface area contributed by atoms with Crippen LogP contribution in [0.5, 0.6) is 0 Å². The van der Waals surface area contributed by atoms with E-state index in [2.05, 4.69) is 20.3 Å². The maximum absolute atomic E-state index is 12.6. The van der Waals surface area contributed by atoms with Crippen molar-refractivity contribution in [1.29, 1.82) is 0 Å². The number of urea groups is 1. The molecule has 3 N–H and O–H groups in total. The largest absolute Gasteiger partial charge is 0.464 e. The molecule has 1 aliphatic rings. The molecule has 4 rings (SSSR count). The summed E-state index contributed by atoms with van der Waals surface area (Å²) in [5.74, 6) is -0.380. The van der Waals surface area contributed by atoms with Gasteiger partial charge in [-0.05, 0) is 41.0 Å². The Hall–Kier alpha value is -3.56. The maximum Gasteiger partial charge on any atom is 0.321 e. The van der Waals surface area contributed by atoms with Crippen LogP contribution in [-0.2, 0) is 0 Å². The second-order valence-electron chi connectivity index (χ2n) is 6.23. The summed E-state index contributed by atoms with van der Waals surface area (Å²) in [6.07, 6.45) is 2.25. The lowest BCUT2D eigenvalue weighted by molar-refractivity contribution is 0.0752. The average molecular weight is 370 g/mol. The average Bonchev–Trinajstić information content (AvgIpc) is 3.22. The molecule has 0 radical (unpaired) electrons. The lowest BCUT2D eigenvalue weighted by Crippen LogP contribution is -2.39. The van der Waals surface area contributed by atoms with Crippen LogP contribution < -0.4 is 11.1 Å². The quantitative estimate of drug-likeness (QED) is 0.703. The molecule has 140 valence electrons. The number of furan rings is 1. The van der Waals surface area contributed by atoms with E-state index in [0.717, 1.165) is 11.0 Å². The number of benzene rings is 1. The van der Waals surface area contributed by atoms with Gasteiger partial charge in [0.2, 0.25) is 11.5 Å². The molecule has 0 bridgehead atoms. The number of carbonyl (C=O) groups is 2. The van der Waals surface area contributed by atoms with Gasteiger partial charge in [-0.2, -0.15) is 0 Å². The highest BCUT2D eigenvalue weighted by atomic mass is 16.6. The molecule has 3 amide bonds. The summed E-state index contributed by atoms with van der Waals surface area (Å²) in [6, 6.07) is 7.08. The van der Waals surface area contributed by atoms with Gasteiger partial charge in [-0.3, -0.25) is 4.79 Å². The molecule has 0 unspecified atom stereocenters. The maximum atomic E-state index is 12.6. The SMILES string of the molecule is Nc1nonc1C(=O)N1CCCN(C(=O)Nc2ccc3occc3c2)CC1. The van der Waals surface area contributed by atoms with E-state index >= 15 is 0 Å². The number of fused-ring (bicyclic) bond motifs is 1. The van der Waals surface area contributed by atoms with Gasteiger partial charge in [0.15, 0.2) is 0 Å². The van der Waals surface area contributed by atoms with Crippen molar-refractivity contribution < 1.29 is 18.6 Å². The smallest absolute Gasteiger partial charge is 0.321 e. The summed E-state index contributed by atoms with van der Waals surface area (Å²) in [7, 11) is 0. The molecule has 0 aliphatic carbocycles. The first-order chi connectivity index (χ1) is 13.1. The second kappa shape index (κ2) is 6.98. The van der Waals surface area contributed by atoms with Crippen LogP contribution in [0.15, 0.2) is 39.6 Å². The summed E-state index contributed by atoms with van der Waals surface area (Å²) in [5.41, 5.74) is 7.04. The first-order valence-electron chi connectivity index (χ1n) is 8.52. The van der Waals surface area contributed by atoms with Crippen LogP contribution in [0.25, 0.3) is 11.0 Å². The summed E-state index contributed by atoms with van der Waals surface area (Å²) in [4.78, 5) is 28.3. The van der Waals surface area contributed by atoms with Crippen molar-refractivity contribution >= 4 is 34.4 Å². The highest BCUT2D eigenvalue weighted by Crippen LogP contribution is 2.20. The number of amides is 3. The third-order valence-corrected chi connectivity index (χ3v) is 4.49. The van der Waals surface area contributed by atoms with Gasteiger partial charge in [0, 0.05) is 37.3 Å². The molecule has 10 nitrogen and oxygen atoms in total. The fraction of sp³-hybridized carbons (Fsp3) is 0.294. The molecule has 3 heterocycles. The van der Waals surface area contributed by atoms with Gasteiger partial charge in [-0.25, -0.2) is 9.42 Å². The number of rotatable bonds is 2. The Morgan fingerprint density at radius 2 is 1.89 bits per heavy atom. The molecule has 27 heavy (non-hydrogen) atoms. The van der Waals surface area contributed by atoms with Crippen LogP contribution >= 0.6 is 0 Å². The van der Waals surface area contributed by atoms with E-state index in [9.17, 15) is 9.59 Å². The van der Waals surface area contributed by atoms with Crippen molar-refractivity contribution in [3.8, 4) is 0 Å². The number of hydrogen-bond donors (Lipinski definition) is 2. The Bertz CT molecular complexity index is 981. The Kier molecular flexibility index (Phi) is 4.37. The molecular weight excluding hydrogens is 352 g/mol. The minimum Gasteiger partial charge on any atom is -0.464 e. The molecular formula is C17H18N6O4. The van der Waals surface area contributed by atoms with Gasteiger partial charge in [-0.15, -0.1) is 0 Å². The first-order valence-corrected chi connectivity index (χ1v) is 8.52. The van der Waals surface area contributed by atoms with Crippen LogP contribution in [0.2, 0.25) is 0 Å². The fourth-order valence-corrected chi connectivity index (χ4v) is 3.06. The summed E-state index contributed by atoms with van der Waals surface area (Å²) in [5, 5.41) is 10.8.